The number of benzene rings is 2. The lowest BCUT2D eigenvalue weighted by molar-refractivity contribution is 0.698. The summed E-state index contributed by atoms with van der Waals surface area (Å²) in [7, 11) is 0. The van der Waals surface area contributed by atoms with Crippen molar-refractivity contribution in [3.05, 3.63) is 70.9 Å². The molecule has 2 aromatic carbocycles. The molecule has 1 aromatic heterocycles. The normalized spacial score (nSPS) is 13.4. The van der Waals surface area contributed by atoms with Gasteiger partial charge in [0.15, 0.2) is 5.82 Å². The zero-order chi connectivity index (χ0) is 17.2. The SMILES string of the molecule is Cc1ccc(Nc2cnnc(N3CCc4ccccc4C3)n2)cc1C. The van der Waals surface area contributed by atoms with E-state index in [4.69, 9.17) is 0 Å². The molecule has 2 heterocycles. The van der Waals surface area contributed by atoms with E-state index in [0.29, 0.717) is 11.8 Å². The molecule has 0 spiro atoms. The molecule has 3 aromatic rings. The first-order valence-corrected chi connectivity index (χ1v) is 8.55. The minimum absolute atomic E-state index is 0.670. The van der Waals surface area contributed by atoms with Gasteiger partial charge in [-0.2, -0.15) is 10.1 Å². The van der Waals surface area contributed by atoms with Crippen LogP contribution in [0.4, 0.5) is 17.5 Å². The average molecular weight is 331 g/mol. The predicted molar refractivity (Wildman–Crippen MR) is 100 cm³/mol. The fraction of sp³-hybridized carbons (Fsp3) is 0.250. The number of aryl methyl sites for hydroxylation is 2. The molecule has 1 N–H and O–H groups in total. The molecule has 0 amide bonds. The van der Waals surface area contributed by atoms with Crippen LogP contribution in [0, 0.1) is 13.8 Å². The fourth-order valence-corrected chi connectivity index (χ4v) is 3.12. The van der Waals surface area contributed by atoms with Gasteiger partial charge in [0.1, 0.15) is 0 Å². The molecule has 126 valence electrons. The third kappa shape index (κ3) is 3.31. The second-order valence-electron chi connectivity index (χ2n) is 6.51. The Morgan fingerprint density at radius 3 is 2.68 bits per heavy atom. The molecular weight excluding hydrogens is 310 g/mol. The summed E-state index contributed by atoms with van der Waals surface area (Å²) in [4.78, 5) is 6.84. The lowest BCUT2D eigenvalue weighted by atomic mass is 10.0. The molecule has 1 aliphatic heterocycles. The molecule has 4 rings (SSSR count). The molecule has 0 bridgehead atoms. The molecular formula is C20H21N5. The Balaban J connectivity index is 1.55. The van der Waals surface area contributed by atoms with Crippen LogP contribution in [0.3, 0.4) is 0 Å². The zero-order valence-electron chi connectivity index (χ0n) is 14.5. The fourth-order valence-electron chi connectivity index (χ4n) is 3.12. The van der Waals surface area contributed by atoms with Gasteiger partial charge in [-0.25, -0.2) is 0 Å². The number of nitrogens with zero attached hydrogens (tertiary/aromatic N) is 4. The van der Waals surface area contributed by atoms with Crippen LogP contribution in [0.5, 0.6) is 0 Å². The Kier molecular flexibility index (Phi) is 4.06. The summed E-state index contributed by atoms with van der Waals surface area (Å²) >= 11 is 0. The van der Waals surface area contributed by atoms with Crippen molar-refractivity contribution in [1.29, 1.82) is 0 Å². The smallest absolute Gasteiger partial charge is 0.247 e. The highest BCUT2D eigenvalue weighted by Gasteiger charge is 2.18. The number of aromatic nitrogens is 3. The van der Waals surface area contributed by atoms with Gasteiger partial charge < -0.3 is 10.2 Å². The van der Waals surface area contributed by atoms with E-state index in [2.05, 4.69) is 81.7 Å². The van der Waals surface area contributed by atoms with Gasteiger partial charge in [-0.3, -0.25) is 0 Å². The Labute approximate surface area is 147 Å². The van der Waals surface area contributed by atoms with Crippen molar-refractivity contribution in [1.82, 2.24) is 15.2 Å². The average Bonchev–Trinajstić information content (AvgIpc) is 2.65. The maximum absolute atomic E-state index is 4.66. The first kappa shape index (κ1) is 15.6. The summed E-state index contributed by atoms with van der Waals surface area (Å²) < 4.78 is 0. The molecule has 5 heteroatoms. The molecule has 0 atom stereocenters. The first-order chi connectivity index (χ1) is 12.2. The van der Waals surface area contributed by atoms with Gasteiger partial charge in [0, 0.05) is 18.8 Å². The van der Waals surface area contributed by atoms with Crippen LogP contribution in [0.15, 0.2) is 48.7 Å². The van der Waals surface area contributed by atoms with Crippen molar-refractivity contribution in [2.45, 2.75) is 26.8 Å². The topological polar surface area (TPSA) is 53.9 Å². The van der Waals surface area contributed by atoms with E-state index in [9.17, 15) is 0 Å². The van der Waals surface area contributed by atoms with Gasteiger partial charge in [-0.05, 0) is 54.7 Å². The Morgan fingerprint density at radius 1 is 1.00 bits per heavy atom. The van der Waals surface area contributed by atoms with Gasteiger partial charge in [-0.15, -0.1) is 5.10 Å². The summed E-state index contributed by atoms with van der Waals surface area (Å²) in [5, 5.41) is 11.7. The standard InChI is InChI=1S/C20H21N5/c1-14-7-8-18(11-15(14)2)22-19-12-21-24-20(23-19)25-10-9-16-5-3-4-6-17(16)13-25/h3-8,11-12H,9-10,13H2,1-2H3,(H,22,23,24). The molecule has 0 saturated carbocycles. The number of hydrogen-bond donors (Lipinski definition) is 1. The Bertz CT molecular complexity index is 906. The molecule has 0 saturated heterocycles. The van der Waals surface area contributed by atoms with Crippen molar-refractivity contribution < 1.29 is 0 Å². The Hall–Kier alpha value is -2.95. The van der Waals surface area contributed by atoms with Crippen LogP contribution >= 0.6 is 0 Å². The number of fused-ring (bicyclic) bond motifs is 1. The van der Waals surface area contributed by atoms with Crippen molar-refractivity contribution in [2.24, 2.45) is 0 Å². The molecule has 0 aliphatic carbocycles. The van der Waals surface area contributed by atoms with Crippen LogP contribution in [0.2, 0.25) is 0 Å². The Morgan fingerprint density at radius 2 is 1.84 bits per heavy atom. The predicted octanol–water partition coefficient (Wildman–Crippen LogP) is 3.79. The number of hydrogen-bond acceptors (Lipinski definition) is 5. The summed E-state index contributed by atoms with van der Waals surface area (Å²) in [5.41, 5.74) is 6.29. The van der Waals surface area contributed by atoms with Crippen LogP contribution in [-0.2, 0) is 13.0 Å². The first-order valence-electron chi connectivity index (χ1n) is 8.55. The van der Waals surface area contributed by atoms with E-state index in [0.717, 1.165) is 25.2 Å². The van der Waals surface area contributed by atoms with E-state index in [1.54, 1.807) is 6.20 Å². The van der Waals surface area contributed by atoms with Gasteiger partial charge in [0.25, 0.3) is 0 Å². The monoisotopic (exact) mass is 331 g/mol. The molecule has 5 nitrogen and oxygen atoms in total. The lowest BCUT2D eigenvalue weighted by Gasteiger charge is -2.28. The van der Waals surface area contributed by atoms with E-state index >= 15 is 0 Å². The van der Waals surface area contributed by atoms with E-state index < -0.39 is 0 Å². The third-order valence-corrected chi connectivity index (χ3v) is 4.74. The minimum Gasteiger partial charge on any atom is -0.339 e. The minimum atomic E-state index is 0.670. The van der Waals surface area contributed by atoms with Crippen molar-refractivity contribution in [2.75, 3.05) is 16.8 Å². The summed E-state index contributed by atoms with van der Waals surface area (Å²) in [6, 6.07) is 14.8. The van der Waals surface area contributed by atoms with Crippen molar-refractivity contribution in [3.63, 3.8) is 0 Å². The highest BCUT2D eigenvalue weighted by molar-refractivity contribution is 5.58. The summed E-state index contributed by atoms with van der Waals surface area (Å²) in [5.74, 6) is 1.38. The number of anilines is 3. The van der Waals surface area contributed by atoms with Gasteiger partial charge in [0.05, 0.1) is 6.20 Å². The second kappa shape index (κ2) is 6.51. The van der Waals surface area contributed by atoms with Gasteiger partial charge >= 0.3 is 0 Å². The van der Waals surface area contributed by atoms with Crippen LogP contribution in [-0.4, -0.2) is 21.7 Å². The zero-order valence-corrected chi connectivity index (χ0v) is 14.5. The number of rotatable bonds is 3. The van der Waals surface area contributed by atoms with E-state index in [1.165, 1.54) is 22.3 Å². The summed E-state index contributed by atoms with van der Waals surface area (Å²) in [6.07, 6.45) is 2.67. The molecule has 0 fully saturated rings. The van der Waals surface area contributed by atoms with Crippen LogP contribution < -0.4 is 10.2 Å². The highest BCUT2D eigenvalue weighted by Crippen LogP contribution is 2.23. The highest BCUT2D eigenvalue weighted by atomic mass is 15.3. The second-order valence-corrected chi connectivity index (χ2v) is 6.51. The van der Waals surface area contributed by atoms with Gasteiger partial charge in [-0.1, -0.05) is 30.3 Å². The largest absolute Gasteiger partial charge is 0.339 e. The number of nitrogens with one attached hydrogen (secondary N) is 1. The summed E-state index contributed by atoms with van der Waals surface area (Å²) in [6.45, 7) is 5.95. The molecule has 0 radical (unpaired) electrons. The van der Waals surface area contributed by atoms with Crippen molar-refractivity contribution in [3.8, 4) is 0 Å². The maximum atomic E-state index is 4.66. The van der Waals surface area contributed by atoms with E-state index in [1.807, 2.05) is 0 Å². The molecule has 0 unspecified atom stereocenters. The third-order valence-electron chi connectivity index (χ3n) is 4.74. The van der Waals surface area contributed by atoms with Crippen molar-refractivity contribution >= 4 is 17.5 Å². The lowest BCUT2D eigenvalue weighted by Crippen LogP contribution is -2.32. The van der Waals surface area contributed by atoms with Gasteiger partial charge in [0.2, 0.25) is 5.95 Å². The van der Waals surface area contributed by atoms with Crippen LogP contribution in [0.25, 0.3) is 0 Å². The quantitative estimate of drug-likeness (QED) is 0.791. The molecule has 25 heavy (non-hydrogen) atoms. The molecule has 1 aliphatic rings. The van der Waals surface area contributed by atoms with Crippen LogP contribution in [0.1, 0.15) is 22.3 Å². The van der Waals surface area contributed by atoms with E-state index in [-0.39, 0.29) is 0 Å². The maximum Gasteiger partial charge on any atom is 0.247 e.